The van der Waals surface area contributed by atoms with Crippen LogP contribution in [0.2, 0.25) is 0 Å². The zero-order chi connectivity index (χ0) is 20.8. The summed E-state index contributed by atoms with van der Waals surface area (Å²) in [5, 5.41) is 4.25. The number of hydrogen-bond acceptors (Lipinski definition) is 4. The standard InChI is InChI=1S/C21H28N4O3S/c1-16-19(17(2)23(3)22-16)29(27,28)25-14-11-21(15-25)10-13-24(20(21)26)12-9-18-7-5-4-6-8-18/h4-8H,9-15H2,1-3H3. The number of aryl methyl sites for hydroxylation is 2. The third-order valence-corrected chi connectivity index (χ3v) is 8.57. The average molecular weight is 417 g/mol. The summed E-state index contributed by atoms with van der Waals surface area (Å²) in [5.74, 6) is 0.103. The van der Waals surface area contributed by atoms with Crippen LogP contribution in [-0.4, -0.2) is 59.5 Å². The van der Waals surface area contributed by atoms with Crippen LogP contribution in [0.25, 0.3) is 0 Å². The first kappa shape index (κ1) is 20.1. The third kappa shape index (κ3) is 3.38. The summed E-state index contributed by atoms with van der Waals surface area (Å²) in [7, 11) is -1.91. The fraction of sp³-hybridized carbons (Fsp3) is 0.524. The SMILES string of the molecule is Cc1nn(C)c(C)c1S(=O)(=O)N1CCC2(CCN(CCc3ccccc3)C2=O)C1. The van der Waals surface area contributed by atoms with Crippen LogP contribution in [0.4, 0.5) is 0 Å². The second-order valence-corrected chi connectivity index (χ2v) is 10.1. The molecule has 0 bridgehead atoms. The van der Waals surface area contributed by atoms with E-state index in [2.05, 4.69) is 17.2 Å². The van der Waals surface area contributed by atoms with E-state index >= 15 is 0 Å². The molecule has 0 radical (unpaired) electrons. The second-order valence-electron chi connectivity index (χ2n) is 8.27. The van der Waals surface area contributed by atoms with E-state index in [-0.39, 0.29) is 17.3 Å². The number of amides is 1. The fourth-order valence-corrected chi connectivity index (χ4v) is 6.62. The lowest BCUT2D eigenvalue weighted by molar-refractivity contribution is -0.135. The molecule has 1 spiro atoms. The van der Waals surface area contributed by atoms with Crippen LogP contribution >= 0.6 is 0 Å². The zero-order valence-electron chi connectivity index (χ0n) is 17.3. The lowest BCUT2D eigenvalue weighted by Crippen LogP contribution is -2.39. The van der Waals surface area contributed by atoms with Crippen molar-refractivity contribution in [1.82, 2.24) is 19.0 Å². The smallest absolute Gasteiger partial charge is 0.246 e. The van der Waals surface area contributed by atoms with Gasteiger partial charge in [-0.25, -0.2) is 8.42 Å². The van der Waals surface area contributed by atoms with Gasteiger partial charge in [-0.2, -0.15) is 9.40 Å². The van der Waals surface area contributed by atoms with Crippen LogP contribution in [-0.2, 0) is 28.3 Å². The number of hydrogen-bond donors (Lipinski definition) is 0. The number of nitrogens with zero attached hydrogens (tertiary/aromatic N) is 4. The first-order chi connectivity index (χ1) is 13.7. The Morgan fingerprint density at radius 2 is 1.79 bits per heavy atom. The van der Waals surface area contributed by atoms with E-state index in [9.17, 15) is 13.2 Å². The number of carbonyl (C=O) groups is 1. The molecular weight excluding hydrogens is 388 g/mol. The lowest BCUT2D eigenvalue weighted by Gasteiger charge is -2.23. The topological polar surface area (TPSA) is 75.5 Å². The highest BCUT2D eigenvalue weighted by molar-refractivity contribution is 7.89. The minimum absolute atomic E-state index is 0.103. The molecule has 0 saturated carbocycles. The molecule has 2 aliphatic rings. The fourth-order valence-electron chi connectivity index (χ4n) is 4.69. The highest BCUT2D eigenvalue weighted by Gasteiger charge is 2.53. The Labute approximate surface area is 172 Å². The third-order valence-electron chi connectivity index (χ3n) is 6.47. The van der Waals surface area contributed by atoms with Crippen molar-refractivity contribution in [1.29, 1.82) is 0 Å². The van der Waals surface area contributed by atoms with Crippen molar-refractivity contribution in [2.24, 2.45) is 12.5 Å². The van der Waals surface area contributed by atoms with Crippen LogP contribution in [0.15, 0.2) is 35.2 Å². The van der Waals surface area contributed by atoms with Crippen molar-refractivity contribution in [3.63, 3.8) is 0 Å². The van der Waals surface area contributed by atoms with Gasteiger partial charge in [0.25, 0.3) is 0 Å². The largest absolute Gasteiger partial charge is 0.342 e. The molecule has 1 aromatic carbocycles. The zero-order valence-corrected chi connectivity index (χ0v) is 18.1. The Hall–Kier alpha value is -2.19. The maximum atomic E-state index is 13.3. The van der Waals surface area contributed by atoms with Gasteiger partial charge >= 0.3 is 0 Å². The maximum absolute atomic E-state index is 13.3. The molecular formula is C21H28N4O3S. The van der Waals surface area contributed by atoms with Gasteiger partial charge in [0.1, 0.15) is 4.90 Å². The van der Waals surface area contributed by atoms with E-state index in [1.54, 1.807) is 25.6 Å². The molecule has 29 heavy (non-hydrogen) atoms. The van der Waals surface area contributed by atoms with Crippen molar-refractivity contribution in [2.75, 3.05) is 26.2 Å². The van der Waals surface area contributed by atoms with E-state index in [0.717, 1.165) is 12.8 Å². The van der Waals surface area contributed by atoms with Gasteiger partial charge in [0.15, 0.2) is 0 Å². The molecule has 2 saturated heterocycles. The highest BCUT2D eigenvalue weighted by atomic mass is 32.2. The Kier molecular flexibility index (Phi) is 5.02. The van der Waals surface area contributed by atoms with E-state index in [4.69, 9.17) is 0 Å². The summed E-state index contributed by atoms with van der Waals surface area (Å²) in [4.78, 5) is 15.4. The summed E-state index contributed by atoms with van der Waals surface area (Å²) < 4.78 is 29.6. The van der Waals surface area contributed by atoms with Gasteiger partial charge in [0, 0.05) is 33.2 Å². The Morgan fingerprint density at radius 1 is 1.10 bits per heavy atom. The highest BCUT2D eigenvalue weighted by Crippen LogP contribution is 2.42. The molecule has 7 nitrogen and oxygen atoms in total. The van der Waals surface area contributed by atoms with E-state index in [1.165, 1.54) is 9.87 Å². The summed E-state index contributed by atoms with van der Waals surface area (Å²) in [6.07, 6.45) is 2.13. The molecule has 1 unspecified atom stereocenters. The molecule has 2 aromatic rings. The minimum Gasteiger partial charge on any atom is -0.342 e. The van der Waals surface area contributed by atoms with Crippen molar-refractivity contribution >= 4 is 15.9 Å². The van der Waals surface area contributed by atoms with Crippen LogP contribution in [0.3, 0.4) is 0 Å². The summed E-state index contributed by atoms with van der Waals surface area (Å²) in [5.41, 5.74) is 1.77. The van der Waals surface area contributed by atoms with Crippen LogP contribution in [0, 0.1) is 19.3 Å². The Bertz CT molecular complexity index is 1030. The van der Waals surface area contributed by atoms with Crippen molar-refractivity contribution in [3.8, 4) is 0 Å². The number of likely N-dealkylation sites (tertiary alicyclic amines) is 1. The quantitative estimate of drug-likeness (QED) is 0.746. The molecule has 2 fully saturated rings. The van der Waals surface area contributed by atoms with Gasteiger partial charge in [-0.15, -0.1) is 0 Å². The van der Waals surface area contributed by atoms with Crippen molar-refractivity contribution < 1.29 is 13.2 Å². The van der Waals surface area contributed by atoms with Crippen LogP contribution in [0.1, 0.15) is 29.8 Å². The second kappa shape index (κ2) is 7.25. The van der Waals surface area contributed by atoms with Gasteiger partial charge < -0.3 is 4.90 Å². The molecule has 0 aliphatic carbocycles. The van der Waals surface area contributed by atoms with Gasteiger partial charge in [-0.05, 0) is 38.7 Å². The maximum Gasteiger partial charge on any atom is 0.246 e. The average Bonchev–Trinajstić information content (AvgIpc) is 3.34. The van der Waals surface area contributed by atoms with E-state index < -0.39 is 15.4 Å². The predicted molar refractivity (Wildman–Crippen MR) is 110 cm³/mol. The Balaban J connectivity index is 1.48. The summed E-state index contributed by atoms with van der Waals surface area (Å²) in [6, 6.07) is 10.1. The molecule has 1 atom stereocenters. The number of benzene rings is 1. The van der Waals surface area contributed by atoms with Crippen LogP contribution < -0.4 is 0 Å². The lowest BCUT2D eigenvalue weighted by atomic mass is 9.86. The number of carbonyl (C=O) groups excluding carboxylic acids is 1. The van der Waals surface area contributed by atoms with Gasteiger partial charge in [0.05, 0.1) is 16.8 Å². The molecule has 1 amide bonds. The molecule has 4 rings (SSSR count). The molecule has 2 aliphatic heterocycles. The summed E-state index contributed by atoms with van der Waals surface area (Å²) in [6.45, 7) is 5.52. The normalized spacial score (nSPS) is 22.9. The molecule has 0 N–H and O–H groups in total. The van der Waals surface area contributed by atoms with Gasteiger partial charge in [-0.1, -0.05) is 30.3 Å². The molecule has 156 valence electrons. The molecule has 8 heteroatoms. The van der Waals surface area contributed by atoms with Crippen LogP contribution in [0.5, 0.6) is 0 Å². The van der Waals surface area contributed by atoms with E-state index in [0.29, 0.717) is 37.4 Å². The monoisotopic (exact) mass is 416 g/mol. The summed E-state index contributed by atoms with van der Waals surface area (Å²) >= 11 is 0. The Morgan fingerprint density at radius 3 is 2.45 bits per heavy atom. The molecule has 3 heterocycles. The van der Waals surface area contributed by atoms with Crippen molar-refractivity contribution in [2.45, 2.75) is 38.0 Å². The van der Waals surface area contributed by atoms with Gasteiger partial charge in [-0.3, -0.25) is 9.48 Å². The number of rotatable bonds is 5. The minimum atomic E-state index is -3.66. The number of sulfonamides is 1. The first-order valence-electron chi connectivity index (χ1n) is 10.1. The van der Waals surface area contributed by atoms with E-state index in [1.807, 2.05) is 23.1 Å². The molecule has 1 aromatic heterocycles. The van der Waals surface area contributed by atoms with Gasteiger partial charge in [0.2, 0.25) is 15.9 Å². The first-order valence-corrected chi connectivity index (χ1v) is 11.5. The van der Waals surface area contributed by atoms with Crippen molar-refractivity contribution in [3.05, 3.63) is 47.3 Å². The predicted octanol–water partition coefficient (Wildman–Crippen LogP) is 1.89. The number of aromatic nitrogens is 2.